The first-order chi connectivity index (χ1) is 27.5. The van der Waals surface area contributed by atoms with Crippen molar-refractivity contribution in [2.24, 2.45) is 0 Å². The van der Waals surface area contributed by atoms with Crippen molar-refractivity contribution in [2.45, 2.75) is 38.2 Å². The third kappa shape index (κ3) is 8.06. The molecule has 1 fully saturated rings. The maximum Gasteiger partial charge on any atom is 0.284 e. The SMILES string of the molecule is CN(CCNCCCc1cccc2c1C(=O)N(C1CCC(=O)NC1=O)C2=O)C(=O)c1ccc(-n2cc(NC(=O)c3coc(-c4ccncc4)n3)c(C(F)F)n2)cc1. The highest BCUT2D eigenvalue weighted by Crippen LogP contribution is 2.31. The van der Waals surface area contributed by atoms with Crippen molar-refractivity contribution in [3.8, 4) is 17.1 Å². The van der Waals surface area contributed by atoms with Crippen molar-refractivity contribution < 1.29 is 42.0 Å². The Morgan fingerprint density at radius 3 is 2.53 bits per heavy atom. The molecule has 18 heteroatoms. The third-order valence-electron chi connectivity index (χ3n) is 9.57. The number of hydrogen-bond donors (Lipinski definition) is 3. The van der Waals surface area contributed by atoms with Crippen LogP contribution in [0.25, 0.3) is 17.1 Å². The lowest BCUT2D eigenvalue weighted by atomic mass is 9.99. The van der Waals surface area contributed by atoms with Gasteiger partial charge < -0.3 is 20.0 Å². The Labute approximate surface area is 323 Å². The first-order valence-electron chi connectivity index (χ1n) is 17.9. The number of carbonyl (C=O) groups excluding carboxylic acids is 6. The van der Waals surface area contributed by atoms with E-state index in [1.165, 1.54) is 28.2 Å². The molecule has 5 heterocycles. The minimum atomic E-state index is -3.00. The molecule has 292 valence electrons. The third-order valence-corrected chi connectivity index (χ3v) is 9.57. The number of fused-ring (bicyclic) bond motifs is 1. The number of benzene rings is 2. The van der Waals surface area contributed by atoms with E-state index in [1.807, 2.05) is 0 Å². The number of imide groups is 2. The molecular weight excluding hydrogens is 744 g/mol. The number of piperidine rings is 1. The van der Waals surface area contributed by atoms with Crippen LogP contribution >= 0.6 is 0 Å². The maximum atomic E-state index is 13.9. The molecule has 7 rings (SSSR count). The van der Waals surface area contributed by atoms with E-state index in [-0.39, 0.29) is 47.1 Å². The lowest BCUT2D eigenvalue weighted by Crippen LogP contribution is -2.54. The Hall–Kier alpha value is -6.95. The monoisotopic (exact) mass is 779 g/mol. The molecule has 1 saturated heterocycles. The van der Waals surface area contributed by atoms with Crippen LogP contribution in [0, 0.1) is 0 Å². The smallest absolute Gasteiger partial charge is 0.284 e. The highest BCUT2D eigenvalue weighted by atomic mass is 19.3. The van der Waals surface area contributed by atoms with Gasteiger partial charge >= 0.3 is 0 Å². The van der Waals surface area contributed by atoms with E-state index >= 15 is 0 Å². The number of aromatic nitrogens is 4. The number of carbonyl (C=O) groups is 6. The van der Waals surface area contributed by atoms with E-state index in [4.69, 9.17) is 4.42 Å². The lowest BCUT2D eigenvalue weighted by Gasteiger charge is -2.27. The summed E-state index contributed by atoms with van der Waals surface area (Å²) in [7, 11) is 1.65. The van der Waals surface area contributed by atoms with E-state index < -0.39 is 47.7 Å². The van der Waals surface area contributed by atoms with Gasteiger partial charge in [-0.3, -0.25) is 44.0 Å². The van der Waals surface area contributed by atoms with Crippen LogP contribution in [0.15, 0.2) is 83.9 Å². The Kier molecular flexibility index (Phi) is 11.0. The van der Waals surface area contributed by atoms with Gasteiger partial charge in [0.2, 0.25) is 17.7 Å². The number of nitrogens with zero attached hydrogens (tertiary/aromatic N) is 6. The number of amides is 6. The van der Waals surface area contributed by atoms with E-state index in [1.54, 1.807) is 61.6 Å². The summed E-state index contributed by atoms with van der Waals surface area (Å²) >= 11 is 0. The quantitative estimate of drug-likeness (QED) is 0.109. The zero-order valence-electron chi connectivity index (χ0n) is 30.4. The summed E-state index contributed by atoms with van der Waals surface area (Å²) in [6.45, 7) is 1.38. The van der Waals surface area contributed by atoms with Crippen LogP contribution in [-0.2, 0) is 16.0 Å². The molecule has 1 unspecified atom stereocenters. The second kappa shape index (κ2) is 16.4. The largest absolute Gasteiger partial charge is 0.444 e. The summed E-state index contributed by atoms with van der Waals surface area (Å²) in [5, 5.41) is 11.9. The summed E-state index contributed by atoms with van der Waals surface area (Å²) < 4.78 is 34.4. The molecule has 3 aromatic heterocycles. The number of oxazole rings is 1. The van der Waals surface area contributed by atoms with Crippen molar-refractivity contribution >= 4 is 41.1 Å². The minimum absolute atomic E-state index is 0.0427. The zero-order chi connectivity index (χ0) is 40.2. The molecule has 0 radical (unpaired) electrons. The average Bonchev–Trinajstić information content (AvgIpc) is 3.94. The summed E-state index contributed by atoms with van der Waals surface area (Å²) in [6.07, 6.45) is 3.66. The second-order valence-corrected chi connectivity index (χ2v) is 13.3. The molecule has 6 amide bonds. The Morgan fingerprint density at radius 1 is 1.02 bits per heavy atom. The number of anilines is 1. The minimum Gasteiger partial charge on any atom is -0.444 e. The molecule has 0 aliphatic carbocycles. The van der Waals surface area contributed by atoms with Crippen molar-refractivity contribution in [1.29, 1.82) is 0 Å². The molecular formula is C39H35F2N9O7. The van der Waals surface area contributed by atoms with Gasteiger partial charge in [-0.1, -0.05) is 12.1 Å². The molecule has 3 N–H and O–H groups in total. The van der Waals surface area contributed by atoms with E-state index in [9.17, 15) is 37.5 Å². The van der Waals surface area contributed by atoms with E-state index in [0.29, 0.717) is 54.9 Å². The molecule has 16 nitrogen and oxygen atoms in total. The van der Waals surface area contributed by atoms with Gasteiger partial charge in [-0.25, -0.2) is 18.4 Å². The summed E-state index contributed by atoms with van der Waals surface area (Å²) in [4.78, 5) is 86.9. The summed E-state index contributed by atoms with van der Waals surface area (Å²) in [5.41, 5.74) is 1.52. The number of nitrogens with one attached hydrogen (secondary N) is 3. The topological polar surface area (TPSA) is 202 Å². The van der Waals surface area contributed by atoms with Gasteiger partial charge in [-0.15, -0.1) is 0 Å². The molecule has 5 aromatic rings. The molecule has 0 spiro atoms. The fourth-order valence-corrected chi connectivity index (χ4v) is 6.62. The highest BCUT2D eigenvalue weighted by Gasteiger charge is 2.45. The molecule has 2 aliphatic rings. The van der Waals surface area contributed by atoms with Crippen molar-refractivity contribution in [1.82, 2.24) is 40.2 Å². The molecule has 0 saturated carbocycles. The Bertz CT molecular complexity index is 2360. The van der Waals surface area contributed by atoms with Gasteiger partial charge in [0.05, 0.1) is 28.7 Å². The van der Waals surface area contributed by atoms with Crippen molar-refractivity contribution in [2.75, 3.05) is 32.0 Å². The predicted molar refractivity (Wildman–Crippen MR) is 197 cm³/mol. The van der Waals surface area contributed by atoms with Gasteiger partial charge in [0.1, 0.15) is 12.3 Å². The molecule has 57 heavy (non-hydrogen) atoms. The first-order valence-corrected chi connectivity index (χ1v) is 17.9. The number of aryl methyl sites for hydroxylation is 1. The van der Waals surface area contributed by atoms with Gasteiger partial charge in [0.25, 0.3) is 30.1 Å². The second-order valence-electron chi connectivity index (χ2n) is 13.3. The van der Waals surface area contributed by atoms with Crippen molar-refractivity contribution in [3.05, 3.63) is 113 Å². The Morgan fingerprint density at radius 2 is 1.79 bits per heavy atom. The number of hydrogen-bond acceptors (Lipinski definition) is 11. The van der Waals surface area contributed by atoms with Crippen LogP contribution in [0.4, 0.5) is 14.5 Å². The normalized spacial score (nSPS) is 15.2. The van der Waals surface area contributed by atoms with Crippen LogP contribution in [-0.4, -0.2) is 97.7 Å². The van der Waals surface area contributed by atoms with Crippen LogP contribution in [0.2, 0.25) is 0 Å². The van der Waals surface area contributed by atoms with E-state index in [2.05, 4.69) is 31.0 Å². The average molecular weight is 780 g/mol. The fraction of sp³-hybridized carbons (Fsp3) is 0.256. The molecule has 1 atom stereocenters. The molecule has 2 aliphatic heterocycles. The van der Waals surface area contributed by atoms with E-state index in [0.717, 1.165) is 11.2 Å². The van der Waals surface area contributed by atoms with Gasteiger partial charge in [-0.05, 0) is 73.8 Å². The van der Waals surface area contributed by atoms with Crippen LogP contribution in [0.3, 0.4) is 0 Å². The molecule has 2 aromatic carbocycles. The van der Waals surface area contributed by atoms with Gasteiger partial charge in [0, 0.05) is 50.1 Å². The number of likely N-dealkylation sites (N-methyl/N-ethyl adjacent to an activating group) is 1. The van der Waals surface area contributed by atoms with Gasteiger partial charge in [0.15, 0.2) is 11.4 Å². The predicted octanol–water partition coefficient (Wildman–Crippen LogP) is 3.81. The maximum absolute atomic E-state index is 13.9. The standard InChI is InChI=1S/C39H35F2N9O7/c1-48(19-18-42-15-3-5-22-4-2-6-26-31(22)39(56)50(38(26)55)29-11-12-30(51)46-35(29)53)37(54)24-7-9-25(10-8-24)49-20-27(32(47-49)33(40)41)44-34(52)28-21-57-36(45-28)23-13-16-43-17-14-23/h2,4,6-10,13-14,16-17,20-21,29,33,42H,3,5,11-12,15,18-19H2,1H3,(H,44,52)(H,46,51,53). The fourth-order valence-electron chi connectivity index (χ4n) is 6.62. The molecule has 0 bridgehead atoms. The number of rotatable bonds is 14. The first kappa shape index (κ1) is 38.3. The Balaban J connectivity index is 0.891. The number of alkyl halides is 2. The van der Waals surface area contributed by atoms with Crippen molar-refractivity contribution in [3.63, 3.8) is 0 Å². The lowest BCUT2D eigenvalue weighted by molar-refractivity contribution is -0.136. The van der Waals surface area contributed by atoms with Crippen LogP contribution in [0.1, 0.15) is 78.5 Å². The van der Waals surface area contributed by atoms with Crippen LogP contribution in [0.5, 0.6) is 0 Å². The summed E-state index contributed by atoms with van der Waals surface area (Å²) in [6, 6.07) is 13.5. The number of pyridine rings is 1. The number of halogens is 2. The highest BCUT2D eigenvalue weighted by molar-refractivity contribution is 6.24. The zero-order valence-corrected chi connectivity index (χ0v) is 30.4. The van der Waals surface area contributed by atoms with Crippen LogP contribution < -0.4 is 16.0 Å². The summed E-state index contributed by atoms with van der Waals surface area (Å²) in [5.74, 6) is -3.07. The van der Waals surface area contributed by atoms with Gasteiger partial charge in [-0.2, -0.15) is 5.10 Å².